The molecule has 0 aromatic rings. The highest BCUT2D eigenvalue weighted by atomic mass is 16.7. The summed E-state index contributed by atoms with van der Waals surface area (Å²) in [7, 11) is 1.71. The molecular formula is C49H61N5O12. The molecule has 0 radical (unpaired) electrons. The molecule has 6 heterocycles. The lowest BCUT2D eigenvalue weighted by atomic mass is 9.86. The predicted molar refractivity (Wildman–Crippen MR) is 245 cm³/mol. The van der Waals surface area contributed by atoms with Crippen LogP contribution in [0.1, 0.15) is 94.9 Å². The second-order valence-corrected chi connectivity index (χ2v) is 17.2. The van der Waals surface area contributed by atoms with E-state index in [9.17, 15) is 29.1 Å². The van der Waals surface area contributed by atoms with Crippen LogP contribution in [-0.2, 0) is 52.4 Å². The van der Waals surface area contributed by atoms with Gasteiger partial charge < -0.3 is 43.7 Å². The Balaban J connectivity index is 1.18. The van der Waals surface area contributed by atoms with Gasteiger partial charge in [-0.25, -0.2) is 15.0 Å². The minimum Gasteiger partial charge on any atom is -0.515 e. The van der Waals surface area contributed by atoms with E-state index in [1.807, 2.05) is 32.1 Å². The maximum Gasteiger partial charge on any atom is 0.303 e. The number of rotatable bonds is 14. The highest BCUT2D eigenvalue weighted by Crippen LogP contribution is 2.41. The second kappa shape index (κ2) is 21.0. The maximum atomic E-state index is 13.8. The van der Waals surface area contributed by atoms with Crippen molar-refractivity contribution in [3.05, 3.63) is 92.5 Å². The third-order valence-electron chi connectivity index (χ3n) is 12.5. The number of ether oxygens (including phenoxy) is 6. The van der Waals surface area contributed by atoms with Crippen LogP contribution in [0.25, 0.3) is 0 Å². The molecule has 66 heavy (non-hydrogen) atoms. The molecule has 2 N–H and O–H groups in total. The summed E-state index contributed by atoms with van der Waals surface area (Å²) in [6.07, 6.45) is 4.64. The number of aliphatic hydroxyl groups is 1. The lowest BCUT2D eigenvalue weighted by Gasteiger charge is -2.44. The summed E-state index contributed by atoms with van der Waals surface area (Å²) in [5.74, 6) is -3.03. The SMILES string of the molecule is CCC1=C(C)C2=CC3=NC(=C(C)C3=CO)C=C3NC(=C(C)C4=NC(=CC1=N2)C(C)=C4)[C@@H](CCC(=O)N(C)CCCO[C@@H]1O[C@H](COC(C)=O)[C@@H](OC(C)=O)[C@H](OC(C)=O)[C@H]1OC(C)=O)[C@@H]3C. The van der Waals surface area contributed by atoms with Gasteiger partial charge in [-0.1, -0.05) is 13.8 Å². The van der Waals surface area contributed by atoms with Crippen molar-refractivity contribution in [3.8, 4) is 0 Å². The van der Waals surface area contributed by atoms with E-state index < -0.39 is 54.6 Å². The Hall–Kier alpha value is -6.20. The number of carbonyl (C=O) groups is 5. The molecule has 0 aromatic carbocycles. The Kier molecular flexibility index (Phi) is 15.6. The van der Waals surface area contributed by atoms with Crippen LogP contribution < -0.4 is 5.32 Å². The van der Waals surface area contributed by atoms with Crippen molar-refractivity contribution in [3.63, 3.8) is 0 Å². The Morgan fingerprint density at radius 3 is 2.11 bits per heavy atom. The van der Waals surface area contributed by atoms with Crippen LogP contribution in [0.4, 0.5) is 0 Å². The third-order valence-corrected chi connectivity index (χ3v) is 12.5. The summed E-state index contributed by atoms with van der Waals surface area (Å²) in [5.41, 5.74) is 12.2. The molecule has 17 nitrogen and oxygen atoms in total. The summed E-state index contributed by atoms with van der Waals surface area (Å²) in [6.45, 7) is 16.9. The molecule has 2 saturated heterocycles. The van der Waals surface area contributed by atoms with Gasteiger partial charge in [-0.2, -0.15) is 0 Å². The molecule has 6 rings (SSSR count). The van der Waals surface area contributed by atoms with Gasteiger partial charge >= 0.3 is 23.9 Å². The molecule has 354 valence electrons. The number of aliphatic imine (C=N–C) groups is 3. The Bertz CT molecular complexity index is 2410. The number of aliphatic hydroxyl groups excluding tert-OH is 1. The van der Waals surface area contributed by atoms with E-state index in [2.05, 4.69) is 39.1 Å². The number of carbonyl (C=O) groups excluding carboxylic acids is 5. The van der Waals surface area contributed by atoms with E-state index in [4.69, 9.17) is 43.4 Å². The fourth-order valence-corrected chi connectivity index (χ4v) is 8.94. The van der Waals surface area contributed by atoms with E-state index in [0.29, 0.717) is 30.7 Å². The minimum atomic E-state index is -1.35. The van der Waals surface area contributed by atoms with Crippen molar-refractivity contribution in [1.82, 2.24) is 10.2 Å². The van der Waals surface area contributed by atoms with Gasteiger partial charge in [0.2, 0.25) is 5.91 Å². The Labute approximate surface area is 385 Å². The molecule has 6 aliphatic heterocycles. The molecule has 0 saturated carbocycles. The summed E-state index contributed by atoms with van der Waals surface area (Å²) in [5, 5.41) is 14.1. The standard InChI is InChI=1S/C49H61N5O12/c1-12-33-25(3)39-21-42-35(22-55)27(5)38(52-42)20-40-26(4)34(45(53-40)28(6)37-18-24(2)36(50-37)19-41(33)51-39)14-15-44(60)54(11)16-13-17-61-49-48(65-32(10)59)47(64-31(9)58)46(63-30(8)57)43(66-49)23-62-29(7)56/h18-22,26,34,43,46-49,53,55H,12-17,23H2,1-11H3/t26-,34-,43+,46+,47-,48+,49+/m0/s1. The van der Waals surface area contributed by atoms with E-state index in [-0.39, 0.29) is 37.4 Å². The molecule has 0 spiro atoms. The molecule has 0 aromatic heterocycles. The number of nitrogens with zero attached hydrogens (tertiary/aromatic N) is 4. The first-order chi connectivity index (χ1) is 31.3. The highest BCUT2D eigenvalue weighted by Gasteiger charge is 2.53. The topological polar surface area (TPSA) is 213 Å². The molecule has 17 heteroatoms. The number of esters is 4. The molecule has 6 aliphatic rings. The van der Waals surface area contributed by atoms with Crippen LogP contribution in [0.2, 0.25) is 0 Å². The van der Waals surface area contributed by atoms with Gasteiger partial charge in [0.1, 0.15) is 12.7 Å². The van der Waals surface area contributed by atoms with Crippen LogP contribution in [-0.4, -0.2) is 114 Å². The smallest absolute Gasteiger partial charge is 0.303 e. The fraction of sp³-hybridized carbons (Fsp3) is 0.510. The Morgan fingerprint density at radius 1 is 0.803 bits per heavy atom. The van der Waals surface area contributed by atoms with E-state index >= 15 is 0 Å². The summed E-state index contributed by atoms with van der Waals surface area (Å²) >= 11 is 0. The van der Waals surface area contributed by atoms with Gasteiger partial charge in [0.05, 0.1) is 47.1 Å². The first-order valence-electron chi connectivity index (χ1n) is 22.3. The molecular weight excluding hydrogens is 851 g/mol. The predicted octanol–water partition coefficient (Wildman–Crippen LogP) is 6.26. The number of nitrogens with one attached hydrogen (secondary N) is 1. The van der Waals surface area contributed by atoms with E-state index in [1.165, 1.54) is 6.92 Å². The van der Waals surface area contributed by atoms with Gasteiger partial charge in [0.15, 0.2) is 24.6 Å². The van der Waals surface area contributed by atoms with Crippen molar-refractivity contribution in [2.45, 2.75) is 126 Å². The van der Waals surface area contributed by atoms with Crippen molar-refractivity contribution >= 4 is 46.9 Å². The number of hydrogen-bond acceptors (Lipinski definition) is 16. The van der Waals surface area contributed by atoms with Crippen LogP contribution >= 0.6 is 0 Å². The first kappa shape index (κ1) is 49.2. The van der Waals surface area contributed by atoms with Gasteiger partial charge in [-0.05, 0) is 99.1 Å². The summed E-state index contributed by atoms with van der Waals surface area (Å²) in [6, 6.07) is 0. The fourth-order valence-electron chi connectivity index (χ4n) is 8.94. The number of hydrogen-bond donors (Lipinski definition) is 2. The quantitative estimate of drug-likeness (QED) is 0.0854. The van der Waals surface area contributed by atoms with Crippen molar-refractivity contribution in [2.24, 2.45) is 26.8 Å². The van der Waals surface area contributed by atoms with Crippen LogP contribution in [0.3, 0.4) is 0 Å². The molecule has 8 bridgehead atoms. The summed E-state index contributed by atoms with van der Waals surface area (Å²) in [4.78, 5) is 78.8. The van der Waals surface area contributed by atoms with Crippen LogP contribution in [0, 0.1) is 11.8 Å². The molecule has 2 fully saturated rings. The van der Waals surface area contributed by atoms with E-state index in [1.54, 1.807) is 11.9 Å². The van der Waals surface area contributed by atoms with Gasteiger partial charge in [-0.15, -0.1) is 0 Å². The normalized spacial score (nSPS) is 26.4. The molecule has 7 atom stereocenters. The van der Waals surface area contributed by atoms with Crippen LogP contribution in [0.5, 0.6) is 0 Å². The highest BCUT2D eigenvalue weighted by molar-refractivity contribution is 6.18. The zero-order valence-electron chi connectivity index (χ0n) is 39.6. The third kappa shape index (κ3) is 10.9. The van der Waals surface area contributed by atoms with E-state index in [0.717, 1.165) is 101 Å². The summed E-state index contributed by atoms with van der Waals surface area (Å²) < 4.78 is 33.7. The van der Waals surface area contributed by atoms with Crippen molar-refractivity contribution < 1.29 is 57.5 Å². The minimum absolute atomic E-state index is 0.0212. The molecule has 0 unspecified atom stereocenters. The second-order valence-electron chi connectivity index (χ2n) is 17.2. The number of fused-ring (bicyclic) bond motifs is 5. The van der Waals surface area contributed by atoms with Gasteiger partial charge in [0, 0.05) is 76.5 Å². The lowest BCUT2D eigenvalue weighted by molar-refractivity contribution is -0.308. The number of allylic oxidation sites excluding steroid dienone is 12. The average molecular weight is 912 g/mol. The maximum absolute atomic E-state index is 13.8. The van der Waals surface area contributed by atoms with Crippen molar-refractivity contribution in [2.75, 3.05) is 26.8 Å². The lowest BCUT2D eigenvalue weighted by Crippen LogP contribution is -2.63. The van der Waals surface area contributed by atoms with Gasteiger partial charge in [-0.3, -0.25) is 24.0 Å². The van der Waals surface area contributed by atoms with Gasteiger partial charge in [0.25, 0.3) is 0 Å². The largest absolute Gasteiger partial charge is 0.515 e. The molecule has 0 aliphatic carbocycles. The zero-order chi connectivity index (χ0) is 48.1. The van der Waals surface area contributed by atoms with Crippen LogP contribution in [0.15, 0.2) is 107 Å². The average Bonchev–Trinajstić information content (AvgIpc) is 3.96. The zero-order valence-corrected chi connectivity index (χ0v) is 39.6. The number of amides is 1. The van der Waals surface area contributed by atoms with Crippen molar-refractivity contribution in [1.29, 1.82) is 0 Å². The Morgan fingerprint density at radius 2 is 1.45 bits per heavy atom. The first-order valence-corrected chi connectivity index (χ1v) is 22.3. The monoisotopic (exact) mass is 911 g/mol. The molecule has 1 amide bonds.